The van der Waals surface area contributed by atoms with Crippen LogP contribution in [-0.4, -0.2) is 25.7 Å². The molecule has 2 N–H and O–H groups in total. The van der Waals surface area contributed by atoms with Crippen molar-refractivity contribution in [2.24, 2.45) is 0 Å². The van der Waals surface area contributed by atoms with Crippen molar-refractivity contribution in [2.75, 3.05) is 0 Å². The number of rotatable bonds is 6. The highest BCUT2D eigenvalue weighted by Crippen LogP contribution is 2.35. The highest BCUT2D eigenvalue weighted by molar-refractivity contribution is 7.71. The number of aromatic amines is 1. The van der Waals surface area contributed by atoms with Gasteiger partial charge in [-0.2, -0.15) is 5.10 Å². The van der Waals surface area contributed by atoms with Gasteiger partial charge in [0.2, 0.25) is 5.91 Å². The van der Waals surface area contributed by atoms with Crippen LogP contribution in [0.15, 0.2) is 17.5 Å². The van der Waals surface area contributed by atoms with Crippen molar-refractivity contribution >= 4 is 52.4 Å². The molecule has 0 spiro atoms. The number of nitrogens with one attached hydrogen (secondary N) is 2. The van der Waals surface area contributed by atoms with Gasteiger partial charge >= 0.3 is 0 Å². The standard InChI is InChI=1S/C15H14ClN5OS3/c16-11-4-3-10(25-11)14-18-8(7-24-14)5-13(22)17-6-12-19-20-15(23)21(12)9-1-2-9/h3-4,7,9H,1-2,5-6H2,(H,17,22)(H,20,23). The van der Waals surface area contributed by atoms with Gasteiger partial charge in [0.15, 0.2) is 10.6 Å². The van der Waals surface area contributed by atoms with Crippen molar-refractivity contribution < 1.29 is 4.79 Å². The molecular weight excluding hydrogens is 398 g/mol. The number of carbonyl (C=O) groups excluding carboxylic acids is 1. The van der Waals surface area contributed by atoms with Crippen LogP contribution in [-0.2, 0) is 17.8 Å². The molecule has 0 bridgehead atoms. The molecule has 6 nitrogen and oxygen atoms in total. The molecule has 0 aliphatic heterocycles. The van der Waals surface area contributed by atoms with Crippen LogP contribution in [0, 0.1) is 4.77 Å². The van der Waals surface area contributed by atoms with Crippen LogP contribution < -0.4 is 5.32 Å². The van der Waals surface area contributed by atoms with Crippen LogP contribution in [0.5, 0.6) is 0 Å². The fourth-order valence-corrected chi connectivity index (χ4v) is 4.74. The zero-order valence-electron chi connectivity index (χ0n) is 13.0. The number of thiazole rings is 1. The second-order valence-electron chi connectivity index (χ2n) is 5.75. The Morgan fingerprint density at radius 1 is 1.48 bits per heavy atom. The number of amides is 1. The molecule has 0 unspecified atom stereocenters. The van der Waals surface area contributed by atoms with Gasteiger partial charge in [0.05, 0.1) is 27.9 Å². The van der Waals surface area contributed by atoms with Gasteiger partial charge in [-0.1, -0.05) is 11.6 Å². The lowest BCUT2D eigenvalue weighted by molar-refractivity contribution is -0.120. The van der Waals surface area contributed by atoms with Gasteiger partial charge in [-0.15, -0.1) is 22.7 Å². The predicted molar refractivity (Wildman–Crippen MR) is 102 cm³/mol. The number of carbonyl (C=O) groups is 1. The zero-order valence-corrected chi connectivity index (χ0v) is 16.2. The maximum Gasteiger partial charge on any atom is 0.226 e. The lowest BCUT2D eigenvalue weighted by atomic mass is 10.3. The van der Waals surface area contributed by atoms with E-state index in [2.05, 4.69) is 20.5 Å². The van der Waals surface area contributed by atoms with E-state index in [1.54, 1.807) is 0 Å². The number of hydrogen-bond acceptors (Lipinski definition) is 6. The summed E-state index contributed by atoms with van der Waals surface area (Å²) in [6, 6.07) is 4.22. The summed E-state index contributed by atoms with van der Waals surface area (Å²) in [4.78, 5) is 17.7. The normalized spacial score (nSPS) is 14.0. The molecule has 0 radical (unpaired) electrons. The summed E-state index contributed by atoms with van der Waals surface area (Å²) in [7, 11) is 0. The Morgan fingerprint density at radius 3 is 3.04 bits per heavy atom. The van der Waals surface area contributed by atoms with Crippen LogP contribution in [0.2, 0.25) is 4.34 Å². The fraction of sp³-hybridized carbons (Fsp3) is 0.333. The summed E-state index contributed by atoms with van der Waals surface area (Å²) in [6.45, 7) is 0.361. The van der Waals surface area contributed by atoms with Gasteiger partial charge in [-0.25, -0.2) is 4.98 Å². The number of aromatic nitrogens is 4. The average molecular weight is 412 g/mol. The van der Waals surface area contributed by atoms with Gasteiger partial charge in [0.1, 0.15) is 5.01 Å². The highest BCUT2D eigenvalue weighted by Gasteiger charge is 2.27. The fourth-order valence-electron chi connectivity index (χ4n) is 2.51. The molecule has 1 aliphatic carbocycles. The van der Waals surface area contributed by atoms with Crippen LogP contribution in [0.3, 0.4) is 0 Å². The third-order valence-electron chi connectivity index (χ3n) is 3.81. The largest absolute Gasteiger partial charge is 0.348 e. The molecule has 10 heteroatoms. The number of hydrogen-bond donors (Lipinski definition) is 2. The molecule has 4 rings (SSSR count). The van der Waals surface area contributed by atoms with Crippen molar-refractivity contribution in [3.63, 3.8) is 0 Å². The number of nitrogens with zero attached hydrogens (tertiary/aromatic N) is 3. The minimum Gasteiger partial charge on any atom is -0.348 e. The average Bonchev–Trinajstić information content (AvgIpc) is 2.97. The summed E-state index contributed by atoms with van der Waals surface area (Å²) in [5.74, 6) is 0.686. The first-order valence-electron chi connectivity index (χ1n) is 7.73. The van der Waals surface area contributed by atoms with E-state index in [1.807, 2.05) is 22.1 Å². The Labute approximate surface area is 161 Å². The molecule has 3 aromatic heterocycles. The van der Waals surface area contributed by atoms with Crippen molar-refractivity contribution in [1.29, 1.82) is 0 Å². The van der Waals surface area contributed by atoms with Crippen molar-refractivity contribution in [3.05, 3.63) is 38.1 Å². The van der Waals surface area contributed by atoms with Crippen LogP contribution in [0.1, 0.15) is 30.4 Å². The highest BCUT2D eigenvalue weighted by atomic mass is 35.5. The second kappa shape index (κ2) is 6.99. The topological polar surface area (TPSA) is 75.6 Å². The molecule has 1 amide bonds. The van der Waals surface area contributed by atoms with Gasteiger partial charge in [-0.3, -0.25) is 14.5 Å². The first kappa shape index (κ1) is 16.9. The van der Waals surface area contributed by atoms with Crippen molar-refractivity contribution in [2.45, 2.75) is 31.8 Å². The van der Waals surface area contributed by atoms with Crippen LogP contribution in [0.25, 0.3) is 9.88 Å². The van der Waals surface area contributed by atoms with E-state index in [9.17, 15) is 4.79 Å². The van der Waals surface area contributed by atoms with E-state index in [0.29, 0.717) is 17.4 Å². The number of H-pyrrole nitrogens is 1. The van der Waals surface area contributed by atoms with E-state index >= 15 is 0 Å². The lowest BCUT2D eigenvalue weighted by Gasteiger charge is -2.06. The molecule has 25 heavy (non-hydrogen) atoms. The monoisotopic (exact) mass is 411 g/mol. The Hall–Kier alpha value is -1.55. The van der Waals surface area contributed by atoms with Crippen molar-refractivity contribution in [1.82, 2.24) is 25.1 Å². The van der Waals surface area contributed by atoms with Gasteiger partial charge in [0.25, 0.3) is 0 Å². The van der Waals surface area contributed by atoms with Crippen LogP contribution in [0.4, 0.5) is 0 Å². The molecule has 0 aromatic carbocycles. The van der Waals surface area contributed by atoms with E-state index in [4.69, 9.17) is 23.8 Å². The third kappa shape index (κ3) is 3.84. The molecule has 0 saturated heterocycles. The van der Waals surface area contributed by atoms with E-state index in [1.165, 1.54) is 22.7 Å². The van der Waals surface area contributed by atoms with E-state index < -0.39 is 0 Å². The number of thiophene rings is 1. The molecule has 0 atom stereocenters. The molecular formula is C15H14ClN5OS3. The smallest absolute Gasteiger partial charge is 0.226 e. The predicted octanol–water partition coefficient (Wildman–Crippen LogP) is 3.97. The van der Waals surface area contributed by atoms with Gasteiger partial charge in [0, 0.05) is 11.4 Å². The third-order valence-corrected chi connectivity index (χ3v) is 6.39. The Balaban J connectivity index is 1.37. The van der Waals surface area contributed by atoms with Gasteiger partial charge in [-0.05, 0) is 37.2 Å². The molecule has 1 aliphatic rings. The summed E-state index contributed by atoms with van der Waals surface area (Å²) >= 11 is 14.2. The van der Waals surface area contributed by atoms with Crippen molar-refractivity contribution in [3.8, 4) is 9.88 Å². The second-order valence-corrected chi connectivity index (χ2v) is 8.71. The molecule has 1 saturated carbocycles. The zero-order chi connectivity index (χ0) is 17.4. The quantitative estimate of drug-likeness (QED) is 0.601. The Morgan fingerprint density at radius 2 is 2.32 bits per heavy atom. The summed E-state index contributed by atoms with van der Waals surface area (Å²) in [6.07, 6.45) is 2.47. The minimum absolute atomic E-state index is 0.0858. The molecule has 3 aromatic rings. The Bertz CT molecular complexity index is 968. The lowest BCUT2D eigenvalue weighted by Crippen LogP contribution is -2.26. The summed E-state index contributed by atoms with van der Waals surface area (Å²) < 4.78 is 3.34. The maximum atomic E-state index is 12.2. The molecule has 130 valence electrons. The van der Waals surface area contributed by atoms with E-state index in [0.717, 1.165) is 38.6 Å². The molecule has 1 fully saturated rings. The first-order valence-corrected chi connectivity index (χ1v) is 10.2. The Kier molecular flexibility index (Phi) is 4.72. The van der Waals surface area contributed by atoms with E-state index in [-0.39, 0.29) is 12.3 Å². The maximum absolute atomic E-state index is 12.2. The molecule has 3 heterocycles. The summed E-state index contributed by atoms with van der Waals surface area (Å²) in [5.41, 5.74) is 0.753. The SMILES string of the molecule is O=C(Cc1csc(-c2ccc(Cl)s2)n1)NCc1n[nH]c(=S)n1C1CC1. The number of halogens is 1. The summed E-state index contributed by atoms with van der Waals surface area (Å²) in [5, 5.41) is 12.7. The first-order chi connectivity index (χ1) is 12.1. The van der Waals surface area contributed by atoms with Crippen LogP contribution >= 0.6 is 46.5 Å². The minimum atomic E-state index is -0.0858. The van der Waals surface area contributed by atoms with Gasteiger partial charge < -0.3 is 5.32 Å².